The number of ether oxygens (including phenoxy) is 1. The third kappa shape index (κ3) is 2.25. The van der Waals surface area contributed by atoms with Gasteiger partial charge in [0, 0.05) is 0 Å². The predicted molar refractivity (Wildman–Crippen MR) is 95.7 cm³/mol. The first-order valence-corrected chi connectivity index (χ1v) is 10.8. The number of hydrogen-bond acceptors (Lipinski definition) is 4. The van der Waals surface area contributed by atoms with Crippen LogP contribution in [0.1, 0.15) is 38.1 Å². The van der Waals surface area contributed by atoms with Gasteiger partial charge in [-0.2, -0.15) is 12.5 Å². The summed E-state index contributed by atoms with van der Waals surface area (Å²) < 4.78 is 34.2. The number of aromatic hydroxyl groups is 1. The number of aromatic nitrogens is 2. The molecule has 2 aromatic rings. The largest absolute Gasteiger partial charge is 0.497 e. The van der Waals surface area contributed by atoms with Crippen LogP contribution >= 0.6 is 0 Å². The van der Waals surface area contributed by atoms with E-state index < -0.39 is 10.0 Å². The molecule has 140 valence electrons. The van der Waals surface area contributed by atoms with Gasteiger partial charge in [-0.25, -0.2) is 4.68 Å². The first kappa shape index (κ1) is 16.3. The molecule has 4 aliphatic rings. The Bertz CT molecular complexity index is 897. The van der Waals surface area contributed by atoms with Crippen LogP contribution in [0.25, 0.3) is 0 Å². The van der Waals surface area contributed by atoms with Crippen molar-refractivity contribution in [3.63, 3.8) is 0 Å². The van der Waals surface area contributed by atoms with Gasteiger partial charge in [0.2, 0.25) is 5.88 Å². The fourth-order valence-corrected chi connectivity index (χ4v) is 7.24. The summed E-state index contributed by atoms with van der Waals surface area (Å²) in [6.07, 6.45) is 7.32. The van der Waals surface area contributed by atoms with E-state index in [1.165, 1.54) is 16.7 Å². The Morgan fingerprint density at radius 2 is 1.58 bits per heavy atom. The second-order valence-corrected chi connectivity index (χ2v) is 10.0. The maximum absolute atomic E-state index is 13.1. The molecule has 4 saturated carbocycles. The van der Waals surface area contributed by atoms with E-state index in [4.69, 9.17) is 4.74 Å². The van der Waals surface area contributed by atoms with E-state index in [1.807, 2.05) is 0 Å². The molecule has 0 aliphatic heterocycles. The summed E-state index contributed by atoms with van der Waals surface area (Å²) in [4.78, 5) is 0.205. The summed E-state index contributed by atoms with van der Waals surface area (Å²) in [6, 6.07) is 6.48. The Morgan fingerprint density at radius 1 is 1.00 bits per heavy atom. The highest BCUT2D eigenvalue weighted by atomic mass is 32.2. The normalized spacial score (nSPS) is 32.9. The van der Waals surface area contributed by atoms with Crippen molar-refractivity contribution >= 4 is 10.0 Å². The van der Waals surface area contributed by atoms with Crippen LogP contribution in [0.3, 0.4) is 0 Å². The van der Waals surface area contributed by atoms with Crippen molar-refractivity contribution < 1.29 is 18.3 Å². The van der Waals surface area contributed by atoms with Gasteiger partial charge in [0.15, 0.2) is 0 Å². The van der Waals surface area contributed by atoms with Gasteiger partial charge in [0.25, 0.3) is 10.0 Å². The number of hydrogen-bond donors (Lipinski definition) is 1. The molecule has 0 saturated heterocycles. The minimum Gasteiger partial charge on any atom is -0.497 e. The Labute approximate surface area is 153 Å². The fraction of sp³-hybridized carbons (Fsp3) is 0.579. The molecule has 7 heteroatoms. The molecule has 0 radical (unpaired) electrons. The van der Waals surface area contributed by atoms with Gasteiger partial charge >= 0.3 is 0 Å². The molecule has 4 bridgehead atoms. The first-order chi connectivity index (χ1) is 12.5. The molecule has 4 fully saturated rings. The van der Waals surface area contributed by atoms with Crippen LogP contribution in [-0.2, 0) is 10.0 Å². The molecular formula is C19H24N2O4S. The van der Waals surface area contributed by atoms with Crippen molar-refractivity contribution in [1.29, 1.82) is 0 Å². The second kappa shape index (κ2) is 5.55. The maximum Gasteiger partial charge on any atom is 0.281 e. The van der Waals surface area contributed by atoms with Crippen LogP contribution in [0.15, 0.2) is 35.4 Å². The molecule has 6 rings (SSSR count). The number of nitrogens with zero attached hydrogens (tertiary/aromatic N) is 2. The molecule has 1 aromatic heterocycles. The molecule has 4 aliphatic carbocycles. The molecule has 0 unspecified atom stereocenters. The number of benzene rings is 1. The van der Waals surface area contributed by atoms with E-state index >= 15 is 0 Å². The quantitative estimate of drug-likeness (QED) is 0.889. The summed E-state index contributed by atoms with van der Waals surface area (Å²) in [5.41, 5.74) is 0. The standard InChI is InChI=1S/C19H24N2O4S/c1-25-16-2-4-17(5-3-16)26(23,24)20-11-18(22)21(20)19-14-7-12-6-13(9-14)10-15(19)8-12/h2-5,11-15,19,22H,6-10H2,1H3. The number of methoxy groups -OCH3 is 1. The monoisotopic (exact) mass is 376 g/mol. The van der Waals surface area contributed by atoms with Crippen LogP contribution in [0.2, 0.25) is 0 Å². The Hall–Kier alpha value is -1.89. The average molecular weight is 376 g/mol. The molecule has 1 heterocycles. The zero-order chi connectivity index (χ0) is 18.1. The average Bonchev–Trinajstić information content (AvgIpc) is 2.62. The van der Waals surface area contributed by atoms with Crippen molar-refractivity contribution in [3.8, 4) is 11.6 Å². The SMILES string of the molecule is COc1ccc(S(=O)(=O)n2cc(O)n2C2C3CC4CC(C3)CC2C4)cc1. The van der Waals surface area contributed by atoms with Crippen LogP contribution in [0.5, 0.6) is 11.6 Å². The van der Waals surface area contributed by atoms with Gasteiger partial charge in [0.05, 0.1) is 18.0 Å². The molecule has 0 amide bonds. The Morgan fingerprint density at radius 3 is 2.08 bits per heavy atom. The summed E-state index contributed by atoms with van der Waals surface area (Å²) in [5, 5.41) is 10.3. The number of rotatable bonds is 4. The van der Waals surface area contributed by atoms with E-state index in [9.17, 15) is 13.5 Å². The minimum atomic E-state index is -3.72. The lowest BCUT2D eigenvalue weighted by molar-refractivity contribution is -0.0410. The third-order valence-corrected chi connectivity index (χ3v) is 8.38. The minimum absolute atomic E-state index is 0.0690. The van der Waals surface area contributed by atoms with Gasteiger partial charge in [-0.3, -0.25) is 0 Å². The maximum atomic E-state index is 13.1. The molecule has 6 nitrogen and oxygen atoms in total. The summed E-state index contributed by atoms with van der Waals surface area (Å²) in [6.45, 7) is 0. The third-order valence-electron chi connectivity index (χ3n) is 6.74. The summed E-state index contributed by atoms with van der Waals surface area (Å²) >= 11 is 0. The van der Waals surface area contributed by atoms with Gasteiger partial charge in [0.1, 0.15) is 11.9 Å². The van der Waals surface area contributed by atoms with Crippen LogP contribution in [-0.4, -0.2) is 29.4 Å². The van der Waals surface area contributed by atoms with E-state index in [-0.39, 0.29) is 16.8 Å². The van der Waals surface area contributed by atoms with Gasteiger partial charge in [-0.15, -0.1) is 0 Å². The first-order valence-electron chi connectivity index (χ1n) is 9.36. The van der Waals surface area contributed by atoms with Crippen molar-refractivity contribution in [3.05, 3.63) is 30.5 Å². The van der Waals surface area contributed by atoms with Crippen molar-refractivity contribution in [2.24, 2.45) is 23.7 Å². The highest BCUT2D eigenvalue weighted by Crippen LogP contribution is 2.59. The Balaban J connectivity index is 1.51. The predicted octanol–water partition coefficient (Wildman–Crippen LogP) is 3.24. The van der Waals surface area contributed by atoms with E-state index in [2.05, 4.69) is 0 Å². The van der Waals surface area contributed by atoms with Crippen molar-refractivity contribution in [2.75, 3.05) is 7.11 Å². The summed E-state index contributed by atoms with van der Waals surface area (Å²) in [5.74, 6) is 3.25. The van der Waals surface area contributed by atoms with Crippen molar-refractivity contribution in [1.82, 2.24) is 8.77 Å². The molecule has 1 aromatic carbocycles. The summed E-state index contributed by atoms with van der Waals surface area (Å²) in [7, 11) is -2.18. The lowest BCUT2D eigenvalue weighted by Gasteiger charge is -2.55. The van der Waals surface area contributed by atoms with Gasteiger partial charge in [-0.05, 0) is 80.0 Å². The lowest BCUT2D eigenvalue weighted by atomic mass is 9.54. The lowest BCUT2D eigenvalue weighted by Crippen LogP contribution is -2.48. The molecule has 26 heavy (non-hydrogen) atoms. The topological polar surface area (TPSA) is 73.5 Å². The van der Waals surface area contributed by atoms with E-state index in [1.54, 1.807) is 36.1 Å². The van der Waals surface area contributed by atoms with E-state index in [0.29, 0.717) is 17.6 Å². The zero-order valence-electron chi connectivity index (χ0n) is 14.8. The van der Waals surface area contributed by atoms with Gasteiger partial charge in [-0.1, -0.05) is 0 Å². The van der Waals surface area contributed by atoms with Crippen LogP contribution in [0, 0.1) is 23.7 Å². The second-order valence-electron chi connectivity index (χ2n) is 8.21. The van der Waals surface area contributed by atoms with Crippen LogP contribution < -0.4 is 4.74 Å². The van der Waals surface area contributed by atoms with Gasteiger partial charge < -0.3 is 9.84 Å². The molecule has 1 N–H and O–H groups in total. The van der Waals surface area contributed by atoms with E-state index in [0.717, 1.165) is 37.5 Å². The fourth-order valence-electron chi connectivity index (χ4n) is 5.89. The van der Waals surface area contributed by atoms with Crippen molar-refractivity contribution in [2.45, 2.75) is 43.0 Å². The highest BCUT2D eigenvalue weighted by Gasteiger charge is 2.50. The zero-order valence-corrected chi connectivity index (χ0v) is 15.6. The molecular weight excluding hydrogens is 352 g/mol. The molecule has 0 spiro atoms. The smallest absolute Gasteiger partial charge is 0.281 e. The Kier molecular flexibility index (Phi) is 3.48. The molecule has 0 atom stereocenters. The van der Waals surface area contributed by atoms with Crippen LogP contribution in [0.4, 0.5) is 0 Å². The highest BCUT2D eigenvalue weighted by molar-refractivity contribution is 7.89.